The summed E-state index contributed by atoms with van der Waals surface area (Å²) in [6.45, 7) is 5.62. The zero-order chi connectivity index (χ0) is 12.9. The molecule has 17 heavy (non-hydrogen) atoms. The van der Waals surface area contributed by atoms with Gasteiger partial charge in [-0.2, -0.15) is 0 Å². The van der Waals surface area contributed by atoms with E-state index in [2.05, 4.69) is 13.8 Å². The molecule has 0 unspecified atom stereocenters. The van der Waals surface area contributed by atoms with Gasteiger partial charge in [0.15, 0.2) is 0 Å². The number of nitrogens with two attached hydrogens (primary N) is 1. The molecule has 0 aliphatic rings. The third-order valence-corrected chi connectivity index (χ3v) is 3.53. The van der Waals surface area contributed by atoms with Gasteiger partial charge in [-0.3, -0.25) is 0 Å². The van der Waals surface area contributed by atoms with Gasteiger partial charge in [0.2, 0.25) is 0 Å². The minimum atomic E-state index is 0.168. The van der Waals surface area contributed by atoms with Crippen molar-refractivity contribution in [3.63, 3.8) is 0 Å². The minimum absolute atomic E-state index is 0.168. The number of ether oxygens (including phenoxy) is 1. The highest BCUT2D eigenvalue weighted by Crippen LogP contribution is 2.31. The summed E-state index contributed by atoms with van der Waals surface area (Å²) in [5.41, 5.74) is 5.83. The maximum Gasteiger partial charge on any atom is 0.139 e. The van der Waals surface area contributed by atoms with Gasteiger partial charge in [-0.05, 0) is 36.9 Å². The highest BCUT2D eigenvalue weighted by Gasteiger charge is 2.14. The summed E-state index contributed by atoms with van der Waals surface area (Å²) in [5, 5.41) is 0.999. The van der Waals surface area contributed by atoms with Crippen molar-refractivity contribution in [1.29, 1.82) is 0 Å². The van der Waals surface area contributed by atoms with Gasteiger partial charge in [0.05, 0.1) is 11.6 Å². The zero-order valence-corrected chi connectivity index (χ0v) is 11.8. The predicted molar refractivity (Wildman–Crippen MR) is 74.0 cm³/mol. The molecule has 1 aromatic carbocycles. The van der Waals surface area contributed by atoms with Crippen LogP contribution in [0, 0.1) is 5.41 Å². The van der Waals surface area contributed by atoms with E-state index in [9.17, 15) is 0 Å². The molecule has 0 aromatic heterocycles. The zero-order valence-electron chi connectivity index (χ0n) is 10.3. The predicted octanol–water partition coefficient (Wildman–Crippen LogP) is 4.14. The molecule has 2 nitrogen and oxygen atoms in total. The molecule has 2 N–H and O–H groups in total. The van der Waals surface area contributed by atoms with E-state index in [0.29, 0.717) is 28.9 Å². The molecule has 0 bridgehead atoms. The van der Waals surface area contributed by atoms with Crippen molar-refractivity contribution in [3.8, 4) is 5.75 Å². The molecule has 0 saturated heterocycles. The van der Waals surface area contributed by atoms with Crippen LogP contribution in [0.15, 0.2) is 18.2 Å². The summed E-state index contributed by atoms with van der Waals surface area (Å²) in [7, 11) is 0. The van der Waals surface area contributed by atoms with Gasteiger partial charge in [-0.25, -0.2) is 0 Å². The Morgan fingerprint density at radius 1 is 1.29 bits per heavy atom. The van der Waals surface area contributed by atoms with Crippen LogP contribution in [0.2, 0.25) is 10.0 Å². The Kier molecular flexibility index (Phi) is 5.57. The Morgan fingerprint density at radius 3 is 2.65 bits per heavy atom. The van der Waals surface area contributed by atoms with Crippen molar-refractivity contribution in [2.45, 2.75) is 26.7 Å². The minimum Gasteiger partial charge on any atom is -0.492 e. The summed E-state index contributed by atoms with van der Waals surface area (Å²) in [6, 6.07) is 5.39. The van der Waals surface area contributed by atoms with Crippen LogP contribution in [0.1, 0.15) is 26.7 Å². The number of hydrogen-bond acceptors (Lipinski definition) is 2. The van der Waals surface area contributed by atoms with Crippen molar-refractivity contribution < 1.29 is 4.74 Å². The Hall–Kier alpha value is -0.440. The highest BCUT2D eigenvalue weighted by molar-refractivity contribution is 6.42. The Labute approximate surface area is 113 Å². The number of benzene rings is 1. The second-order valence-corrected chi connectivity index (χ2v) is 5.66. The van der Waals surface area contributed by atoms with Crippen LogP contribution in [0.4, 0.5) is 0 Å². The SMILES string of the molecule is CC(C)(CN)CCCOc1cccc(Cl)c1Cl. The molecule has 1 rings (SSSR count). The quantitative estimate of drug-likeness (QED) is 0.792. The van der Waals surface area contributed by atoms with Crippen LogP contribution in [0.25, 0.3) is 0 Å². The molecule has 0 heterocycles. The molecule has 96 valence electrons. The fraction of sp³-hybridized carbons (Fsp3) is 0.538. The topological polar surface area (TPSA) is 35.2 Å². The fourth-order valence-corrected chi connectivity index (χ4v) is 1.78. The lowest BCUT2D eigenvalue weighted by Gasteiger charge is -2.22. The van der Waals surface area contributed by atoms with Crippen LogP contribution in [-0.2, 0) is 0 Å². The fourth-order valence-electron chi connectivity index (χ4n) is 1.43. The molecule has 0 radical (unpaired) electrons. The number of rotatable bonds is 6. The van der Waals surface area contributed by atoms with Gasteiger partial charge in [0.25, 0.3) is 0 Å². The second-order valence-electron chi connectivity index (χ2n) is 4.87. The van der Waals surface area contributed by atoms with Crippen molar-refractivity contribution >= 4 is 23.2 Å². The summed E-state index contributed by atoms with van der Waals surface area (Å²) in [4.78, 5) is 0. The van der Waals surface area contributed by atoms with Crippen LogP contribution in [0.5, 0.6) is 5.75 Å². The molecule has 0 amide bonds. The van der Waals surface area contributed by atoms with Gasteiger partial charge < -0.3 is 10.5 Å². The van der Waals surface area contributed by atoms with E-state index in [1.165, 1.54) is 0 Å². The molecular formula is C13H19Cl2NO. The molecule has 0 fully saturated rings. The summed E-state index contributed by atoms with van der Waals surface area (Å²) in [5.74, 6) is 0.643. The Morgan fingerprint density at radius 2 is 2.00 bits per heavy atom. The van der Waals surface area contributed by atoms with E-state index >= 15 is 0 Å². The molecule has 1 aromatic rings. The van der Waals surface area contributed by atoms with Gasteiger partial charge in [-0.15, -0.1) is 0 Å². The first-order valence-corrected chi connectivity index (χ1v) is 6.49. The third kappa shape index (κ3) is 4.74. The average Bonchev–Trinajstić information content (AvgIpc) is 2.30. The summed E-state index contributed by atoms with van der Waals surface area (Å²) < 4.78 is 5.60. The molecule has 0 aliphatic carbocycles. The van der Waals surface area contributed by atoms with Crippen LogP contribution < -0.4 is 10.5 Å². The van der Waals surface area contributed by atoms with Gasteiger partial charge in [0.1, 0.15) is 10.8 Å². The van der Waals surface area contributed by atoms with Crippen molar-refractivity contribution in [2.75, 3.05) is 13.2 Å². The summed E-state index contributed by atoms with van der Waals surface area (Å²) in [6.07, 6.45) is 1.98. The van der Waals surface area contributed by atoms with Crippen LogP contribution >= 0.6 is 23.2 Å². The first-order chi connectivity index (χ1) is 7.96. The standard InChI is InChI=1S/C13H19Cl2NO/c1-13(2,9-16)7-4-8-17-11-6-3-5-10(14)12(11)15/h3,5-6H,4,7-9,16H2,1-2H3. The van der Waals surface area contributed by atoms with E-state index in [4.69, 9.17) is 33.7 Å². The van der Waals surface area contributed by atoms with Crippen LogP contribution in [-0.4, -0.2) is 13.2 Å². The average molecular weight is 276 g/mol. The third-order valence-electron chi connectivity index (χ3n) is 2.72. The second kappa shape index (κ2) is 6.48. The first-order valence-electron chi connectivity index (χ1n) is 5.73. The van der Waals surface area contributed by atoms with Gasteiger partial charge in [-0.1, -0.05) is 43.1 Å². The molecule has 0 spiro atoms. The number of hydrogen-bond donors (Lipinski definition) is 1. The van der Waals surface area contributed by atoms with Crippen LogP contribution in [0.3, 0.4) is 0 Å². The molecule has 4 heteroatoms. The maximum atomic E-state index is 6.01. The maximum absolute atomic E-state index is 6.01. The normalized spacial score (nSPS) is 11.6. The van der Waals surface area contributed by atoms with E-state index < -0.39 is 0 Å². The Balaban J connectivity index is 2.39. The first kappa shape index (κ1) is 14.6. The van der Waals surface area contributed by atoms with Crippen molar-refractivity contribution in [2.24, 2.45) is 11.1 Å². The lowest BCUT2D eigenvalue weighted by molar-refractivity contribution is 0.261. The molecule has 0 saturated carbocycles. The van der Waals surface area contributed by atoms with E-state index in [0.717, 1.165) is 12.8 Å². The lowest BCUT2D eigenvalue weighted by Crippen LogP contribution is -2.23. The smallest absolute Gasteiger partial charge is 0.139 e. The van der Waals surface area contributed by atoms with E-state index in [-0.39, 0.29) is 5.41 Å². The Bertz CT molecular complexity index is 366. The van der Waals surface area contributed by atoms with Gasteiger partial charge in [0, 0.05) is 0 Å². The summed E-state index contributed by atoms with van der Waals surface area (Å²) >= 11 is 11.9. The molecule has 0 atom stereocenters. The highest BCUT2D eigenvalue weighted by atomic mass is 35.5. The van der Waals surface area contributed by atoms with E-state index in [1.54, 1.807) is 6.07 Å². The van der Waals surface area contributed by atoms with Crippen molar-refractivity contribution in [1.82, 2.24) is 0 Å². The monoisotopic (exact) mass is 275 g/mol. The van der Waals surface area contributed by atoms with E-state index in [1.807, 2.05) is 12.1 Å². The number of halogens is 2. The van der Waals surface area contributed by atoms with Crippen molar-refractivity contribution in [3.05, 3.63) is 28.2 Å². The largest absolute Gasteiger partial charge is 0.492 e. The lowest BCUT2D eigenvalue weighted by atomic mass is 9.88. The molecule has 0 aliphatic heterocycles. The molecular weight excluding hydrogens is 257 g/mol. The van der Waals surface area contributed by atoms with Gasteiger partial charge >= 0.3 is 0 Å².